The molecule has 2 heteroatoms. The summed E-state index contributed by atoms with van der Waals surface area (Å²) in [4.78, 5) is 2.39. The number of fused-ring (bicyclic) bond motifs is 1. The molecule has 0 amide bonds. The molecule has 1 aliphatic rings. The number of ether oxygens (including phenoxy) is 1. The van der Waals surface area contributed by atoms with Crippen molar-refractivity contribution in [2.24, 2.45) is 0 Å². The third kappa shape index (κ3) is 3.15. The van der Waals surface area contributed by atoms with Crippen molar-refractivity contribution in [3.63, 3.8) is 0 Å². The van der Waals surface area contributed by atoms with Gasteiger partial charge in [-0.15, -0.1) is 0 Å². The molecule has 0 spiro atoms. The first-order valence-electron chi connectivity index (χ1n) is 9.55. The molecule has 1 fully saturated rings. The summed E-state index contributed by atoms with van der Waals surface area (Å²) in [7, 11) is 2.19. The summed E-state index contributed by atoms with van der Waals surface area (Å²) in [6.07, 6.45) is 1.29. The van der Waals surface area contributed by atoms with E-state index in [0.29, 0.717) is 12.0 Å². The highest BCUT2D eigenvalue weighted by Crippen LogP contribution is 2.38. The van der Waals surface area contributed by atoms with Crippen LogP contribution >= 0.6 is 0 Å². The number of rotatable bonds is 4. The van der Waals surface area contributed by atoms with Gasteiger partial charge >= 0.3 is 0 Å². The average molecular weight is 345 g/mol. The maximum atomic E-state index is 6.50. The van der Waals surface area contributed by atoms with Crippen LogP contribution in [-0.2, 0) is 4.74 Å². The first kappa shape index (κ1) is 17.3. The minimum absolute atomic E-state index is 0.143. The van der Waals surface area contributed by atoms with Crippen molar-refractivity contribution in [3.8, 4) is 0 Å². The number of benzene rings is 3. The molecular weight excluding hydrogens is 318 g/mol. The molecular formula is C24H27NO. The predicted octanol–water partition coefficient (Wildman–Crippen LogP) is 5.75. The molecule has 134 valence electrons. The van der Waals surface area contributed by atoms with Crippen LogP contribution in [0.1, 0.15) is 43.4 Å². The lowest BCUT2D eigenvalue weighted by Gasteiger charge is -2.24. The normalized spacial score (nSPS) is 24.8. The van der Waals surface area contributed by atoms with Gasteiger partial charge in [0.15, 0.2) is 0 Å². The summed E-state index contributed by atoms with van der Waals surface area (Å²) < 4.78 is 6.50. The van der Waals surface area contributed by atoms with Gasteiger partial charge in [-0.05, 0) is 48.2 Å². The lowest BCUT2D eigenvalue weighted by Crippen LogP contribution is -2.32. The fourth-order valence-corrected chi connectivity index (χ4v) is 4.19. The third-order valence-electron chi connectivity index (χ3n) is 5.88. The highest BCUT2D eigenvalue weighted by molar-refractivity contribution is 5.86. The van der Waals surface area contributed by atoms with Gasteiger partial charge in [0.1, 0.15) is 6.23 Å². The van der Waals surface area contributed by atoms with Crippen LogP contribution in [0.2, 0.25) is 0 Å². The molecule has 1 saturated heterocycles. The van der Waals surface area contributed by atoms with Gasteiger partial charge in [0.25, 0.3) is 0 Å². The van der Waals surface area contributed by atoms with Gasteiger partial charge < -0.3 is 4.74 Å². The fourth-order valence-electron chi connectivity index (χ4n) is 4.19. The van der Waals surface area contributed by atoms with Crippen molar-refractivity contribution in [2.75, 3.05) is 7.05 Å². The second kappa shape index (κ2) is 7.22. The van der Waals surface area contributed by atoms with E-state index in [0.717, 1.165) is 6.42 Å². The highest BCUT2D eigenvalue weighted by atomic mass is 16.5. The molecule has 1 heterocycles. The molecule has 3 aromatic carbocycles. The van der Waals surface area contributed by atoms with Crippen LogP contribution in [0.5, 0.6) is 0 Å². The van der Waals surface area contributed by atoms with Crippen LogP contribution in [0.15, 0.2) is 72.8 Å². The zero-order valence-electron chi connectivity index (χ0n) is 15.8. The molecule has 0 aromatic heterocycles. The van der Waals surface area contributed by atoms with Crippen LogP contribution < -0.4 is 0 Å². The molecule has 0 radical (unpaired) electrons. The van der Waals surface area contributed by atoms with E-state index in [-0.39, 0.29) is 12.3 Å². The van der Waals surface area contributed by atoms with Crippen LogP contribution in [-0.4, -0.2) is 24.2 Å². The number of nitrogens with zero attached hydrogens (tertiary/aromatic N) is 1. The fraction of sp³-hybridized carbons (Fsp3) is 0.333. The second-order valence-electron chi connectivity index (χ2n) is 7.53. The van der Waals surface area contributed by atoms with Crippen LogP contribution in [0, 0.1) is 0 Å². The van der Waals surface area contributed by atoms with E-state index in [1.165, 1.54) is 21.9 Å². The lowest BCUT2D eigenvalue weighted by atomic mass is 9.92. The van der Waals surface area contributed by atoms with Gasteiger partial charge in [0, 0.05) is 6.04 Å². The third-order valence-corrected chi connectivity index (χ3v) is 5.88. The van der Waals surface area contributed by atoms with Crippen molar-refractivity contribution < 1.29 is 4.74 Å². The molecule has 1 aliphatic heterocycles. The topological polar surface area (TPSA) is 12.5 Å². The zero-order chi connectivity index (χ0) is 18.1. The first-order valence-corrected chi connectivity index (χ1v) is 9.55. The SMILES string of the molecule is C[C@H](C[C@@H]1O[C@H](c2ccccc2)[C@H](C)N1C)c1cccc2ccccc12. The molecule has 3 aromatic rings. The van der Waals surface area contributed by atoms with Gasteiger partial charge in [0.05, 0.1) is 6.10 Å². The molecule has 4 atom stereocenters. The summed E-state index contributed by atoms with van der Waals surface area (Å²) in [5.41, 5.74) is 2.68. The van der Waals surface area contributed by atoms with Crippen LogP contribution in [0.25, 0.3) is 10.8 Å². The smallest absolute Gasteiger partial charge is 0.112 e. The maximum Gasteiger partial charge on any atom is 0.112 e. The van der Waals surface area contributed by atoms with Crippen LogP contribution in [0.4, 0.5) is 0 Å². The molecule has 0 N–H and O–H groups in total. The van der Waals surface area contributed by atoms with Gasteiger partial charge in [-0.2, -0.15) is 0 Å². The van der Waals surface area contributed by atoms with Gasteiger partial charge in [-0.25, -0.2) is 0 Å². The van der Waals surface area contributed by atoms with E-state index in [1.54, 1.807) is 0 Å². The Morgan fingerprint density at radius 1 is 0.923 bits per heavy atom. The van der Waals surface area contributed by atoms with Crippen molar-refractivity contribution in [1.82, 2.24) is 4.90 Å². The minimum Gasteiger partial charge on any atom is -0.354 e. The van der Waals surface area contributed by atoms with Crippen molar-refractivity contribution in [1.29, 1.82) is 0 Å². The number of likely N-dealkylation sites (N-methyl/N-ethyl adjacent to an activating group) is 1. The van der Waals surface area contributed by atoms with Gasteiger partial charge in [-0.3, -0.25) is 4.90 Å². The summed E-state index contributed by atoms with van der Waals surface area (Å²) in [6, 6.07) is 26.3. The summed E-state index contributed by atoms with van der Waals surface area (Å²) in [6.45, 7) is 4.58. The molecule has 0 unspecified atom stereocenters. The molecule has 0 bridgehead atoms. The standard InChI is InChI=1S/C24H27NO/c1-17(21-15-9-13-19-10-7-8-14-22(19)21)16-23-25(3)18(2)24(26-23)20-11-5-4-6-12-20/h4-15,17-18,23-24H,16H2,1-3H3/t17-,18+,23+,24+/m1/s1. The quantitative estimate of drug-likeness (QED) is 0.597. The summed E-state index contributed by atoms with van der Waals surface area (Å²) >= 11 is 0. The first-order chi connectivity index (χ1) is 12.6. The lowest BCUT2D eigenvalue weighted by molar-refractivity contribution is -0.00172. The molecule has 0 aliphatic carbocycles. The average Bonchev–Trinajstić information content (AvgIpc) is 2.96. The summed E-state index contributed by atoms with van der Waals surface area (Å²) in [5, 5.41) is 2.67. The molecule has 0 saturated carbocycles. The Morgan fingerprint density at radius 3 is 2.42 bits per heavy atom. The zero-order valence-corrected chi connectivity index (χ0v) is 15.8. The van der Waals surface area contributed by atoms with Gasteiger partial charge in [-0.1, -0.05) is 79.7 Å². The monoisotopic (exact) mass is 345 g/mol. The Bertz CT molecular complexity index is 870. The molecule has 26 heavy (non-hydrogen) atoms. The van der Waals surface area contributed by atoms with Crippen molar-refractivity contribution in [2.45, 2.75) is 44.6 Å². The Kier molecular flexibility index (Phi) is 4.80. The second-order valence-corrected chi connectivity index (χ2v) is 7.53. The van der Waals surface area contributed by atoms with E-state index in [4.69, 9.17) is 4.74 Å². The largest absolute Gasteiger partial charge is 0.354 e. The Labute approximate surface area is 156 Å². The highest BCUT2D eigenvalue weighted by Gasteiger charge is 2.38. The van der Waals surface area contributed by atoms with Crippen LogP contribution in [0.3, 0.4) is 0 Å². The van der Waals surface area contributed by atoms with E-state index in [1.807, 2.05) is 0 Å². The van der Waals surface area contributed by atoms with E-state index < -0.39 is 0 Å². The molecule has 2 nitrogen and oxygen atoms in total. The number of hydrogen-bond donors (Lipinski definition) is 0. The Balaban J connectivity index is 1.55. The Hall–Kier alpha value is -2.16. The van der Waals surface area contributed by atoms with E-state index in [2.05, 4.69) is 98.6 Å². The Morgan fingerprint density at radius 2 is 1.62 bits per heavy atom. The van der Waals surface area contributed by atoms with E-state index >= 15 is 0 Å². The summed E-state index contributed by atoms with van der Waals surface area (Å²) in [5.74, 6) is 0.440. The van der Waals surface area contributed by atoms with Crippen molar-refractivity contribution >= 4 is 10.8 Å². The molecule has 4 rings (SSSR count). The minimum atomic E-state index is 0.143. The van der Waals surface area contributed by atoms with E-state index in [9.17, 15) is 0 Å². The van der Waals surface area contributed by atoms with Gasteiger partial charge in [0.2, 0.25) is 0 Å². The van der Waals surface area contributed by atoms with Crippen molar-refractivity contribution in [3.05, 3.63) is 83.9 Å². The number of hydrogen-bond acceptors (Lipinski definition) is 2. The maximum absolute atomic E-state index is 6.50. The predicted molar refractivity (Wildman–Crippen MR) is 108 cm³/mol.